The number of piperazine rings is 1. The van der Waals surface area contributed by atoms with Crippen molar-refractivity contribution in [2.24, 2.45) is 0 Å². The van der Waals surface area contributed by atoms with Gasteiger partial charge < -0.3 is 19.9 Å². The van der Waals surface area contributed by atoms with Crippen molar-refractivity contribution in [1.82, 2.24) is 15.1 Å². The molecule has 0 bridgehead atoms. The third-order valence-electron chi connectivity index (χ3n) is 3.31. The lowest BCUT2D eigenvalue weighted by Gasteiger charge is -2.31. The van der Waals surface area contributed by atoms with Crippen molar-refractivity contribution in [2.45, 2.75) is 6.54 Å². The van der Waals surface area contributed by atoms with Gasteiger partial charge in [-0.25, -0.2) is 4.79 Å². The molecule has 0 aliphatic carbocycles. The first kappa shape index (κ1) is 13.7. The highest BCUT2D eigenvalue weighted by atomic mass is 16.5. The van der Waals surface area contributed by atoms with Gasteiger partial charge >= 0.3 is 6.03 Å². The van der Waals surface area contributed by atoms with E-state index in [9.17, 15) is 4.79 Å². The lowest BCUT2D eigenvalue weighted by molar-refractivity contribution is 0.154. The smallest absolute Gasteiger partial charge is 0.320 e. The average molecular weight is 263 g/mol. The normalized spacial score (nSPS) is 15.2. The van der Waals surface area contributed by atoms with E-state index in [4.69, 9.17) is 4.74 Å². The highest BCUT2D eigenvalue weighted by molar-refractivity contribution is 5.74. The van der Waals surface area contributed by atoms with E-state index in [0.29, 0.717) is 6.54 Å². The zero-order valence-electron chi connectivity index (χ0n) is 11.6. The topological polar surface area (TPSA) is 44.8 Å². The first-order chi connectivity index (χ1) is 9.22. The molecule has 0 atom stereocenters. The van der Waals surface area contributed by atoms with E-state index < -0.39 is 0 Å². The van der Waals surface area contributed by atoms with E-state index in [2.05, 4.69) is 5.32 Å². The Hall–Kier alpha value is -1.75. The van der Waals surface area contributed by atoms with Crippen LogP contribution in [0.1, 0.15) is 5.56 Å². The molecule has 0 radical (unpaired) electrons. The Balaban J connectivity index is 1.99. The maximum atomic E-state index is 12.3. The predicted octanol–water partition coefficient (Wildman–Crippen LogP) is 1.15. The molecule has 1 aromatic rings. The molecule has 1 aromatic carbocycles. The van der Waals surface area contributed by atoms with Crippen molar-refractivity contribution in [3.8, 4) is 5.75 Å². The van der Waals surface area contributed by atoms with Crippen LogP contribution in [0.5, 0.6) is 5.75 Å². The fourth-order valence-electron chi connectivity index (χ4n) is 2.25. The molecule has 1 N–H and O–H groups in total. The van der Waals surface area contributed by atoms with Crippen LogP contribution in [0.3, 0.4) is 0 Å². The molecular weight excluding hydrogens is 242 g/mol. The van der Waals surface area contributed by atoms with Crippen LogP contribution < -0.4 is 10.1 Å². The third-order valence-corrected chi connectivity index (χ3v) is 3.31. The van der Waals surface area contributed by atoms with Gasteiger partial charge in [0.25, 0.3) is 0 Å². The van der Waals surface area contributed by atoms with Gasteiger partial charge in [0.1, 0.15) is 5.75 Å². The largest absolute Gasteiger partial charge is 0.496 e. The Morgan fingerprint density at radius 3 is 2.74 bits per heavy atom. The van der Waals surface area contributed by atoms with Crippen LogP contribution in [-0.4, -0.2) is 56.2 Å². The van der Waals surface area contributed by atoms with Crippen molar-refractivity contribution < 1.29 is 9.53 Å². The molecule has 0 unspecified atom stereocenters. The first-order valence-corrected chi connectivity index (χ1v) is 6.55. The number of hydrogen-bond acceptors (Lipinski definition) is 3. The number of benzene rings is 1. The second-order valence-electron chi connectivity index (χ2n) is 4.69. The van der Waals surface area contributed by atoms with Gasteiger partial charge in [-0.05, 0) is 6.07 Å². The maximum Gasteiger partial charge on any atom is 0.320 e. The Kier molecular flexibility index (Phi) is 4.63. The standard InChI is InChI=1S/C14H21N3O2/c1-16(14(18)17-9-7-15-8-10-17)11-12-5-3-4-6-13(12)19-2/h3-6,15H,7-11H2,1-2H3. The fraction of sp³-hybridized carbons (Fsp3) is 0.500. The summed E-state index contributed by atoms with van der Waals surface area (Å²) >= 11 is 0. The minimum Gasteiger partial charge on any atom is -0.496 e. The van der Waals surface area contributed by atoms with Crippen LogP contribution >= 0.6 is 0 Å². The number of urea groups is 1. The molecule has 2 amide bonds. The molecule has 5 heteroatoms. The summed E-state index contributed by atoms with van der Waals surface area (Å²) < 4.78 is 5.31. The fourth-order valence-corrected chi connectivity index (χ4v) is 2.25. The molecule has 104 valence electrons. The van der Waals surface area contributed by atoms with Gasteiger partial charge in [0.05, 0.1) is 13.7 Å². The number of carbonyl (C=O) groups excluding carboxylic acids is 1. The molecule has 5 nitrogen and oxygen atoms in total. The predicted molar refractivity (Wildman–Crippen MR) is 74.3 cm³/mol. The summed E-state index contributed by atoms with van der Waals surface area (Å²) in [6.45, 7) is 3.85. The van der Waals surface area contributed by atoms with Crippen molar-refractivity contribution in [2.75, 3.05) is 40.3 Å². The second-order valence-corrected chi connectivity index (χ2v) is 4.69. The van der Waals surface area contributed by atoms with Gasteiger partial charge in [-0.15, -0.1) is 0 Å². The summed E-state index contributed by atoms with van der Waals surface area (Å²) in [7, 11) is 3.48. The number of nitrogens with zero attached hydrogens (tertiary/aromatic N) is 2. The highest BCUT2D eigenvalue weighted by Crippen LogP contribution is 2.19. The van der Waals surface area contributed by atoms with E-state index in [1.165, 1.54) is 0 Å². The number of hydrogen-bond donors (Lipinski definition) is 1. The van der Waals surface area contributed by atoms with E-state index in [1.807, 2.05) is 36.2 Å². The van der Waals surface area contributed by atoms with Crippen LogP contribution in [0.25, 0.3) is 0 Å². The second kappa shape index (κ2) is 6.43. The number of nitrogens with one attached hydrogen (secondary N) is 1. The number of para-hydroxylation sites is 1. The lowest BCUT2D eigenvalue weighted by Crippen LogP contribution is -2.50. The van der Waals surface area contributed by atoms with Crippen molar-refractivity contribution in [3.05, 3.63) is 29.8 Å². The molecule has 19 heavy (non-hydrogen) atoms. The molecule has 1 heterocycles. The van der Waals surface area contributed by atoms with Crippen molar-refractivity contribution in [3.63, 3.8) is 0 Å². The van der Waals surface area contributed by atoms with Crippen LogP contribution in [-0.2, 0) is 6.54 Å². The molecule has 0 saturated carbocycles. The van der Waals surface area contributed by atoms with E-state index >= 15 is 0 Å². The summed E-state index contributed by atoms with van der Waals surface area (Å²) in [5, 5.41) is 3.24. The van der Waals surface area contributed by atoms with Crippen LogP contribution in [0.4, 0.5) is 4.79 Å². The minimum atomic E-state index is 0.0763. The van der Waals surface area contributed by atoms with Gasteiger partial charge in [-0.3, -0.25) is 0 Å². The number of amides is 2. The number of carbonyl (C=O) groups is 1. The monoisotopic (exact) mass is 263 g/mol. The van der Waals surface area contributed by atoms with E-state index in [-0.39, 0.29) is 6.03 Å². The molecule has 0 aromatic heterocycles. The third kappa shape index (κ3) is 3.38. The van der Waals surface area contributed by atoms with E-state index in [1.54, 1.807) is 12.0 Å². The minimum absolute atomic E-state index is 0.0763. The Bertz CT molecular complexity index is 430. The zero-order chi connectivity index (χ0) is 13.7. The summed E-state index contributed by atoms with van der Waals surface area (Å²) in [5.74, 6) is 0.822. The number of ether oxygens (including phenoxy) is 1. The van der Waals surface area contributed by atoms with Gasteiger partial charge in [0.2, 0.25) is 0 Å². The van der Waals surface area contributed by atoms with Crippen LogP contribution in [0, 0.1) is 0 Å². The van der Waals surface area contributed by atoms with Gasteiger partial charge in [-0.1, -0.05) is 18.2 Å². The van der Waals surface area contributed by atoms with Crippen molar-refractivity contribution >= 4 is 6.03 Å². The summed E-state index contributed by atoms with van der Waals surface area (Å²) in [5.41, 5.74) is 1.02. The Labute approximate surface area is 114 Å². The Morgan fingerprint density at radius 2 is 2.05 bits per heavy atom. The molecule has 1 aliphatic rings. The molecule has 2 rings (SSSR count). The summed E-state index contributed by atoms with van der Waals surface area (Å²) in [6, 6.07) is 7.87. The molecule has 0 spiro atoms. The highest BCUT2D eigenvalue weighted by Gasteiger charge is 2.20. The lowest BCUT2D eigenvalue weighted by atomic mass is 10.2. The molecule has 1 aliphatic heterocycles. The van der Waals surface area contributed by atoms with Crippen LogP contribution in [0.2, 0.25) is 0 Å². The van der Waals surface area contributed by atoms with Crippen molar-refractivity contribution in [1.29, 1.82) is 0 Å². The number of rotatable bonds is 3. The first-order valence-electron chi connectivity index (χ1n) is 6.55. The molecular formula is C14H21N3O2. The van der Waals surface area contributed by atoms with Gasteiger partial charge in [-0.2, -0.15) is 0 Å². The van der Waals surface area contributed by atoms with Crippen LogP contribution in [0.15, 0.2) is 24.3 Å². The average Bonchev–Trinajstić information content (AvgIpc) is 2.48. The Morgan fingerprint density at radius 1 is 1.37 bits per heavy atom. The molecule has 1 fully saturated rings. The summed E-state index contributed by atoms with van der Waals surface area (Å²) in [4.78, 5) is 15.9. The SMILES string of the molecule is COc1ccccc1CN(C)C(=O)N1CCNCC1. The van der Waals surface area contributed by atoms with Gasteiger partial charge in [0, 0.05) is 38.8 Å². The van der Waals surface area contributed by atoms with Gasteiger partial charge in [0.15, 0.2) is 0 Å². The molecule has 1 saturated heterocycles. The zero-order valence-corrected chi connectivity index (χ0v) is 11.6. The van der Waals surface area contributed by atoms with E-state index in [0.717, 1.165) is 37.5 Å². The number of methoxy groups -OCH3 is 1. The maximum absolute atomic E-state index is 12.3. The quantitative estimate of drug-likeness (QED) is 0.890. The summed E-state index contributed by atoms with van der Waals surface area (Å²) in [6.07, 6.45) is 0.